The maximum Gasteiger partial charge on any atom is 0.224 e. The van der Waals surface area contributed by atoms with Crippen molar-refractivity contribution in [3.05, 3.63) is 11.8 Å². The van der Waals surface area contributed by atoms with E-state index in [4.69, 9.17) is 4.74 Å². The molecule has 0 unspecified atom stereocenters. The second kappa shape index (κ2) is 8.69. The quantitative estimate of drug-likeness (QED) is 0.661. The third-order valence-electron chi connectivity index (χ3n) is 2.50. The first-order valence-electron chi connectivity index (χ1n) is 6.58. The fourth-order valence-electron chi connectivity index (χ4n) is 1.55. The molecule has 2 N–H and O–H groups in total. The maximum absolute atomic E-state index is 5.01. The van der Waals surface area contributed by atoms with Gasteiger partial charge in [0.2, 0.25) is 5.95 Å². The van der Waals surface area contributed by atoms with E-state index in [1.54, 1.807) is 7.11 Å². The van der Waals surface area contributed by atoms with Gasteiger partial charge < -0.3 is 15.4 Å². The number of hydrogen-bond acceptors (Lipinski definition) is 5. The summed E-state index contributed by atoms with van der Waals surface area (Å²) in [7, 11) is 1.71. The number of aromatic nitrogens is 2. The summed E-state index contributed by atoms with van der Waals surface area (Å²) in [6, 6.07) is 1.96. The maximum atomic E-state index is 5.01. The molecule has 1 rings (SSSR count). The van der Waals surface area contributed by atoms with Crippen molar-refractivity contribution in [3.63, 3.8) is 0 Å². The largest absolute Gasteiger partial charge is 0.385 e. The van der Waals surface area contributed by atoms with Crippen molar-refractivity contribution in [1.29, 1.82) is 0 Å². The van der Waals surface area contributed by atoms with Gasteiger partial charge in [-0.3, -0.25) is 0 Å². The summed E-state index contributed by atoms with van der Waals surface area (Å²) in [5.74, 6) is 1.58. The Bertz CT molecular complexity index is 344. The summed E-state index contributed by atoms with van der Waals surface area (Å²) in [5, 5.41) is 6.52. The number of aryl methyl sites for hydroxylation is 1. The van der Waals surface area contributed by atoms with Crippen LogP contribution in [0.25, 0.3) is 0 Å². The summed E-state index contributed by atoms with van der Waals surface area (Å²) in [4.78, 5) is 8.79. The van der Waals surface area contributed by atoms with Gasteiger partial charge >= 0.3 is 0 Å². The van der Waals surface area contributed by atoms with Gasteiger partial charge in [0.15, 0.2) is 0 Å². The number of hydrogen-bond donors (Lipinski definition) is 2. The highest BCUT2D eigenvalue weighted by Gasteiger charge is 2.01. The lowest BCUT2D eigenvalue weighted by Crippen LogP contribution is -2.10. The Labute approximate surface area is 109 Å². The van der Waals surface area contributed by atoms with Crippen molar-refractivity contribution in [3.8, 4) is 0 Å². The molecule has 102 valence electrons. The fraction of sp³-hybridized carbons (Fsp3) is 0.692. The molecule has 0 saturated carbocycles. The van der Waals surface area contributed by atoms with Crippen molar-refractivity contribution >= 4 is 11.8 Å². The van der Waals surface area contributed by atoms with E-state index in [1.165, 1.54) is 6.42 Å². The molecule has 0 bridgehead atoms. The molecule has 0 spiro atoms. The molecule has 0 aliphatic rings. The van der Waals surface area contributed by atoms with Crippen LogP contribution in [-0.4, -0.2) is 36.8 Å². The molecular weight excluding hydrogens is 228 g/mol. The molecule has 0 aromatic carbocycles. The minimum absolute atomic E-state index is 0.706. The van der Waals surface area contributed by atoms with E-state index >= 15 is 0 Å². The zero-order valence-electron chi connectivity index (χ0n) is 11.6. The number of unbranched alkanes of at least 4 members (excludes halogenated alkanes) is 1. The lowest BCUT2D eigenvalue weighted by molar-refractivity contribution is 0.198. The topological polar surface area (TPSA) is 59.1 Å². The second-order valence-electron chi connectivity index (χ2n) is 4.27. The number of anilines is 2. The molecule has 5 nitrogen and oxygen atoms in total. The van der Waals surface area contributed by atoms with E-state index in [0.717, 1.165) is 44.0 Å². The number of rotatable bonds is 9. The summed E-state index contributed by atoms with van der Waals surface area (Å²) in [6.45, 7) is 6.69. The first-order chi connectivity index (χ1) is 8.76. The van der Waals surface area contributed by atoms with Gasteiger partial charge in [-0.1, -0.05) is 13.3 Å². The zero-order valence-corrected chi connectivity index (χ0v) is 11.6. The molecule has 0 fully saturated rings. The Morgan fingerprint density at radius 2 is 1.94 bits per heavy atom. The number of methoxy groups -OCH3 is 1. The third-order valence-corrected chi connectivity index (χ3v) is 2.50. The summed E-state index contributed by atoms with van der Waals surface area (Å²) < 4.78 is 5.01. The standard InChI is InChI=1S/C13H24N4O/c1-4-5-7-15-13-16-11(2)10-12(17-13)14-8-6-9-18-3/h10H,4-9H2,1-3H3,(H2,14,15,16,17). The van der Waals surface area contributed by atoms with Crippen molar-refractivity contribution in [2.75, 3.05) is 37.4 Å². The van der Waals surface area contributed by atoms with E-state index in [2.05, 4.69) is 27.5 Å². The van der Waals surface area contributed by atoms with Gasteiger partial charge in [0.1, 0.15) is 5.82 Å². The van der Waals surface area contributed by atoms with E-state index in [0.29, 0.717) is 5.95 Å². The molecule has 0 radical (unpaired) electrons. The van der Waals surface area contributed by atoms with Crippen LogP contribution in [0.1, 0.15) is 31.9 Å². The Morgan fingerprint density at radius 3 is 2.67 bits per heavy atom. The van der Waals surface area contributed by atoms with Gasteiger partial charge in [0.05, 0.1) is 0 Å². The Morgan fingerprint density at radius 1 is 1.17 bits per heavy atom. The second-order valence-corrected chi connectivity index (χ2v) is 4.27. The smallest absolute Gasteiger partial charge is 0.224 e. The summed E-state index contributed by atoms with van der Waals surface area (Å²) in [5.41, 5.74) is 0.971. The van der Waals surface area contributed by atoms with Gasteiger partial charge in [-0.2, -0.15) is 4.98 Å². The van der Waals surface area contributed by atoms with Crippen molar-refractivity contribution in [2.24, 2.45) is 0 Å². The molecule has 0 aliphatic carbocycles. The molecule has 0 atom stereocenters. The molecule has 18 heavy (non-hydrogen) atoms. The van der Waals surface area contributed by atoms with Gasteiger partial charge in [-0.05, 0) is 19.8 Å². The molecule has 1 aromatic heterocycles. The Balaban J connectivity index is 2.46. The average Bonchev–Trinajstić information content (AvgIpc) is 2.34. The van der Waals surface area contributed by atoms with Crippen LogP contribution in [0.4, 0.5) is 11.8 Å². The van der Waals surface area contributed by atoms with E-state index in [9.17, 15) is 0 Å². The highest BCUT2D eigenvalue weighted by atomic mass is 16.5. The minimum Gasteiger partial charge on any atom is -0.385 e. The normalized spacial score (nSPS) is 10.4. The zero-order chi connectivity index (χ0) is 13.2. The van der Waals surface area contributed by atoms with Gasteiger partial charge in [0, 0.05) is 38.6 Å². The van der Waals surface area contributed by atoms with Gasteiger partial charge in [-0.15, -0.1) is 0 Å². The Kier molecular flexibility index (Phi) is 7.10. The minimum atomic E-state index is 0.706. The highest BCUT2D eigenvalue weighted by molar-refractivity contribution is 5.41. The summed E-state index contributed by atoms with van der Waals surface area (Å²) >= 11 is 0. The van der Waals surface area contributed by atoms with Crippen LogP contribution in [0.5, 0.6) is 0 Å². The fourth-order valence-corrected chi connectivity index (χ4v) is 1.55. The van der Waals surface area contributed by atoms with Crippen LogP contribution in [0.15, 0.2) is 6.07 Å². The van der Waals surface area contributed by atoms with Gasteiger partial charge in [0.25, 0.3) is 0 Å². The van der Waals surface area contributed by atoms with Crippen molar-refractivity contribution in [1.82, 2.24) is 9.97 Å². The van der Waals surface area contributed by atoms with Crippen molar-refractivity contribution in [2.45, 2.75) is 33.1 Å². The third kappa shape index (κ3) is 5.82. The number of ether oxygens (including phenoxy) is 1. The van der Waals surface area contributed by atoms with Gasteiger partial charge in [-0.25, -0.2) is 4.98 Å². The number of nitrogens with one attached hydrogen (secondary N) is 2. The number of nitrogens with zero attached hydrogens (tertiary/aromatic N) is 2. The van der Waals surface area contributed by atoms with E-state index in [1.807, 2.05) is 13.0 Å². The van der Waals surface area contributed by atoms with E-state index in [-0.39, 0.29) is 0 Å². The average molecular weight is 252 g/mol. The van der Waals surface area contributed by atoms with E-state index < -0.39 is 0 Å². The van der Waals surface area contributed by atoms with Crippen molar-refractivity contribution < 1.29 is 4.74 Å². The van der Waals surface area contributed by atoms with Crippen LogP contribution in [0, 0.1) is 6.92 Å². The predicted octanol–water partition coefficient (Wildman–Crippen LogP) is 2.45. The molecule has 1 heterocycles. The van der Waals surface area contributed by atoms with Crippen LogP contribution < -0.4 is 10.6 Å². The lowest BCUT2D eigenvalue weighted by Gasteiger charge is -2.09. The lowest BCUT2D eigenvalue weighted by atomic mass is 10.3. The molecule has 1 aromatic rings. The Hall–Kier alpha value is -1.36. The van der Waals surface area contributed by atoms with Crippen LogP contribution in [0.3, 0.4) is 0 Å². The first kappa shape index (κ1) is 14.7. The highest BCUT2D eigenvalue weighted by Crippen LogP contribution is 2.09. The molecule has 5 heteroatoms. The summed E-state index contributed by atoms with van der Waals surface area (Å²) in [6.07, 6.45) is 3.27. The van der Waals surface area contributed by atoms with Crippen LogP contribution in [-0.2, 0) is 4.74 Å². The van der Waals surface area contributed by atoms with Crippen LogP contribution >= 0.6 is 0 Å². The molecule has 0 saturated heterocycles. The predicted molar refractivity (Wildman–Crippen MR) is 75.1 cm³/mol. The monoisotopic (exact) mass is 252 g/mol. The molecule has 0 amide bonds. The SMILES string of the molecule is CCCCNc1nc(C)cc(NCCCOC)n1. The molecular formula is C13H24N4O. The van der Waals surface area contributed by atoms with Crippen LogP contribution in [0.2, 0.25) is 0 Å². The first-order valence-corrected chi connectivity index (χ1v) is 6.58. The molecule has 0 aliphatic heterocycles.